The van der Waals surface area contributed by atoms with Gasteiger partial charge in [-0.2, -0.15) is 0 Å². The van der Waals surface area contributed by atoms with E-state index in [1.165, 1.54) is 6.08 Å². The average Bonchev–Trinajstić information content (AvgIpc) is 3.28. The molecule has 0 bridgehead atoms. The molecule has 1 aromatic heterocycles. The van der Waals surface area contributed by atoms with Crippen LogP contribution in [-0.2, 0) is 11.3 Å². The Morgan fingerprint density at radius 2 is 1.53 bits per heavy atom. The second kappa shape index (κ2) is 9.43. The normalized spacial score (nSPS) is 11.9. The molecule has 0 saturated carbocycles. The van der Waals surface area contributed by atoms with E-state index in [9.17, 15) is 14.4 Å². The van der Waals surface area contributed by atoms with E-state index in [4.69, 9.17) is 17.2 Å². The molecular weight excluding hydrogens is 430 g/mol. The van der Waals surface area contributed by atoms with Crippen molar-refractivity contribution in [3.63, 3.8) is 0 Å². The zero-order valence-electron chi connectivity index (χ0n) is 18.2. The number of carbonyl (C=O) groups is 3. The third-order valence-corrected chi connectivity index (χ3v) is 5.53. The van der Waals surface area contributed by atoms with E-state index in [1.54, 1.807) is 24.4 Å². The molecular formula is C26H23N5O3. The number of aromatic amines is 1. The van der Waals surface area contributed by atoms with E-state index in [1.807, 2.05) is 48.5 Å². The highest BCUT2D eigenvalue weighted by atomic mass is 16.2. The van der Waals surface area contributed by atoms with Crippen LogP contribution >= 0.6 is 0 Å². The smallest absolute Gasteiger partial charge is 0.250 e. The number of aromatic nitrogens is 1. The van der Waals surface area contributed by atoms with Gasteiger partial charge in [0.1, 0.15) is 0 Å². The summed E-state index contributed by atoms with van der Waals surface area (Å²) in [5, 5.41) is 3.26. The Labute approximate surface area is 195 Å². The van der Waals surface area contributed by atoms with Gasteiger partial charge in [-0.3, -0.25) is 14.4 Å². The SMILES string of the molecule is NCc1ccccc1-c1ccc(C(N)=O)c2[nH]c(-c3ccc(C(N)=O)cc3)cc12.O=C1C=CN1. The highest BCUT2D eigenvalue weighted by Crippen LogP contribution is 2.35. The highest BCUT2D eigenvalue weighted by molar-refractivity contribution is 6.10. The molecule has 8 nitrogen and oxygen atoms in total. The summed E-state index contributed by atoms with van der Waals surface area (Å²) in [6, 6.07) is 20.4. The molecule has 1 aliphatic heterocycles. The van der Waals surface area contributed by atoms with Crippen molar-refractivity contribution in [2.24, 2.45) is 17.2 Å². The Balaban J connectivity index is 0.000000486. The lowest BCUT2D eigenvalue weighted by molar-refractivity contribution is -0.117. The van der Waals surface area contributed by atoms with Crippen LogP contribution in [0.5, 0.6) is 0 Å². The van der Waals surface area contributed by atoms with E-state index >= 15 is 0 Å². The van der Waals surface area contributed by atoms with Gasteiger partial charge in [0, 0.05) is 35.5 Å². The number of H-pyrrole nitrogens is 1. The van der Waals surface area contributed by atoms with Gasteiger partial charge in [0.25, 0.3) is 5.91 Å². The number of nitrogens with one attached hydrogen (secondary N) is 2. The van der Waals surface area contributed by atoms with Crippen molar-refractivity contribution >= 4 is 28.6 Å². The molecule has 3 aromatic carbocycles. The topological polar surface area (TPSA) is 157 Å². The molecule has 2 heterocycles. The van der Waals surface area contributed by atoms with Gasteiger partial charge in [0.15, 0.2) is 0 Å². The molecule has 34 heavy (non-hydrogen) atoms. The number of amides is 3. The molecule has 5 rings (SSSR count). The molecule has 0 atom stereocenters. The van der Waals surface area contributed by atoms with Gasteiger partial charge in [-0.1, -0.05) is 42.5 Å². The fourth-order valence-corrected chi connectivity index (χ4v) is 3.74. The van der Waals surface area contributed by atoms with Crippen molar-refractivity contribution in [1.29, 1.82) is 0 Å². The van der Waals surface area contributed by atoms with Gasteiger partial charge in [-0.25, -0.2) is 0 Å². The number of hydrogen-bond donors (Lipinski definition) is 5. The number of carbonyl (C=O) groups excluding carboxylic acids is 3. The molecule has 0 aliphatic carbocycles. The first-order valence-corrected chi connectivity index (χ1v) is 10.5. The van der Waals surface area contributed by atoms with Crippen LogP contribution in [0.15, 0.2) is 79.0 Å². The number of hydrogen-bond acceptors (Lipinski definition) is 4. The first-order valence-electron chi connectivity index (χ1n) is 10.5. The second-order valence-electron chi connectivity index (χ2n) is 7.64. The molecule has 170 valence electrons. The molecule has 1 aliphatic rings. The van der Waals surface area contributed by atoms with Crippen LogP contribution < -0.4 is 22.5 Å². The van der Waals surface area contributed by atoms with E-state index in [2.05, 4.69) is 10.3 Å². The van der Waals surface area contributed by atoms with Crippen LogP contribution in [0.3, 0.4) is 0 Å². The average molecular weight is 454 g/mol. The van der Waals surface area contributed by atoms with Gasteiger partial charge < -0.3 is 27.5 Å². The predicted molar refractivity (Wildman–Crippen MR) is 131 cm³/mol. The number of primary amides is 2. The fraction of sp³-hybridized carbons (Fsp3) is 0.0385. The molecule has 4 aromatic rings. The lowest BCUT2D eigenvalue weighted by Gasteiger charge is -2.10. The van der Waals surface area contributed by atoms with E-state index < -0.39 is 11.8 Å². The summed E-state index contributed by atoms with van der Waals surface area (Å²) >= 11 is 0. The van der Waals surface area contributed by atoms with Gasteiger partial charge in [0.2, 0.25) is 11.8 Å². The first kappa shape index (κ1) is 22.5. The van der Waals surface area contributed by atoms with Crippen LogP contribution in [0.2, 0.25) is 0 Å². The van der Waals surface area contributed by atoms with Crippen molar-refractivity contribution in [2.75, 3.05) is 0 Å². The summed E-state index contributed by atoms with van der Waals surface area (Å²) < 4.78 is 0. The van der Waals surface area contributed by atoms with Crippen LogP contribution in [0.1, 0.15) is 26.3 Å². The lowest BCUT2D eigenvalue weighted by atomic mass is 9.95. The number of nitrogens with two attached hydrogens (primary N) is 3. The number of benzene rings is 3. The Bertz CT molecular complexity index is 1430. The van der Waals surface area contributed by atoms with Crippen molar-refractivity contribution in [3.8, 4) is 22.4 Å². The van der Waals surface area contributed by atoms with Crippen molar-refractivity contribution < 1.29 is 14.4 Å². The van der Waals surface area contributed by atoms with Crippen LogP contribution in [-0.4, -0.2) is 22.7 Å². The lowest BCUT2D eigenvalue weighted by Crippen LogP contribution is -2.22. The van der Waals surface area contributed by atoms with Gasteiger partial charge in [-0.15, -0.1) is 0 Å². The monoisotopic (exact) mass is 453 g/mol. The Morgan fingerprint density at radius 3 is 2.09 bits per heavy atom. The molecule has 0 radical (unpaired) electrons. The highest BCUT2D eigenvalue weighted by Gasteiger charge is 2.16. The largest absolute Gasteiger partial charge is 0.366 e. The Morgan fingerprint density at radius 1 is 0.853 bits per heavy atom. The van der Waals surface area contributed by atoms with Crippen LogP contribution in [0.4, 0.5) is 0 Å². The Hall–Kier alpha value is -4.69. The number of fused-ring (bicyclic) bond motifs is 1. The summed E-state index contributed by atoms with van der Waals surface area (Å²) in [7, 11) is 0. The zero-order valence-corrected chi connectivity index (χ0v) is 18.2. The standard InChI is InChI=1S/C23H20N4O2.C3H3NO/c24-12-15-3-1-2-4-16(15)17-9-10-18(23(26)29)21-19(17)11-20(27-21)13-5-7-14(8-6-13)22(25)28;5-3-1-2-4-3/h1-11,27H,12,24H2,(H2,25,28)(H2,26,29);1-2H,(H,4,5). The third kappa shape index (κ3) is 4.43. The van der Waals surface area contributed by atoms with E-state index in [-0.39, 0.29) is 5.91 Å². The summed E-state index contributed by atoms with van der Waals surface area (Å²) in [6.45, 7) is 0.404. The zero-order chi connectivity index (χ0) is 24.2. The van der Waals surface area contributed by atoms with Crippen LogP contribution in [0, 0.1) is 0 Å². The van der Waals surface area contributed by atoms with Gasteiger partial charge in [0.05, 0.1) is 11.1 Å². The van der Waals surface area contributed by atoms with Crippen molar-refractivity contribution in [3.05, 3.63) is 95.7 Å². The quantitative estimate of drug-likeness (QED) is 0.315. The predicted octanol–water partition coefficient (Wildman–Crippen LogP) is 2.79. The van der Waals surface area contributed by atoms with Gasteiger partial charge >= 0.3 is 0 Å². The maximum Gasteiger partial charge on any atom is 0.250 e. The van der Waals surface area contributed by atoms with E-state index in [0.717, 1.165) is 33.3 Å². The fourth-order valence-electron chi connectivity index (χ4n) is 3.74. The van der Waals surface area contributed by atoms with Crippen molar-refractivity contribution in [2.45, 2.75) is 6.54 Å². The molecule has 8 heteroatoms. The molecule has 3 amide bonds. The minimum absolute atomic E-state index is 0.00463. The summed E-state index contributed by atoms with van der Waals surface area (Å²) in [5.41, 5.74) is 23.0. The maximum absolute atomic E-state index is 12.0. The summed E-state index contributed by atoms with van der Waals surface area (Å²) in [5.74, 6) is -0.985. The summed E-state index contributed by atoms with van der Waals surface area (Å²) in [6.07, 6.45) is 3.07. The molecule has 0 unspecified atom stereocenters. The third-order valence-electron chi connectivity index (χ3n) is 5.53. The summed E-state index contributed by atoms with van der Waals surface area (Å²) in [4.78, 5) is 36.3. The van der Waals surface area contributed by atoms with Crippen molar-refractivity contribution in [1.82, 2.24) is 10.3 Å². The van der Waals surface area contributed by atoms with E-state index in [0.29, 0.717) is 23.2 Å². The molecule has 0 saturated heterocycles. The molecule has 0 spiro atoms. The maximum atomic E-state index is 12.0. The first-order chi connectivity index (χ1) is 16.4. The Kier molecular flexibility index (Phi) is 6.24. The minimum Gasteiger partial charge on any atom is -0.366 e. The molecule has 8 N–H and O–H groups in total. The van der Waals surface area contributed by atoms with Gasteiger partial charge in [-0.05, 0) is 46.5 Å². The molecule has 0 fully saturated rings. The number of rotatable bonds is 5. The van der Waals surface area contributed by atoms with Crippen LogP contribution in [0.25, 0.3) is 33.3 Å². The minimum atomic E-state index is -0.508. The second-order valence-corrected chi connectivity index (χ2v) is 7.64.